The summed E-state index contributed by atoms with van der Waals surface area (Å²) in [6, 6.07) is 0. The number of ether oxygens (including phenoxy) is 3. The van der Waals surface area contributed by atoms with E-state index in [1.807, 2.05) is 0 Å². The van der Waals surface area contributed by atoms with Crippen LogP contribution in [0.5, 0.6) is 0 Å². The summed E-state index contributed by atoms with van der Waals surface area (Å²) >= 11 is 0. The Bertz CT molecular complexity index is 601. The molecule has 2 aliphatic rings. The minimum absolute atomic E-state index is 0.282. The Labute approximate surface area is 153 Å². The second-order valence-corrected chi connectivity index (χ2v) is 6.23. The average molecular weight is 390 g/mol. The number of carboxylic acid groups (broad SMARTS) is 2. The Morgan fingerprint density at radius 3 is 2.33 bits per heavy atom. The van der Waals surface area contributed by atoms with E-state index < -0.39 is 73.8 Å². The summed E-state index contributed by atoms with van der Waals surface area (Å²) in [5, 5.41) is 57.1. The van der Waals surface area contributed by atoms with Gasteiger partial charge in [-0.25, -0.2) is 4.79 Å². The zero-order chi connectivity index (χ0) is 20.3. The van der Waals surface area contributed by atoms with Crippen LogP contribution in [0.2, 0.25) is 0 Å². The monoisotopic (exact) mass is 390 g/mol. The fourth-order valence-electron chi connectivity index (χ4n) is 3.07. The van der Waals surface area contributed by atoms with Crippen LogP contribution < -0.4 is 0 Å². The van der Waals surface area contributed by atoms with Gasteiger partial charge in [-0.2, -0.15) is 0 Å². The fourth-order valence-corrected chi connectivity index (χ4v) is 3.07. The van der Waals surface area contributed by atoms with Gasteiger partial charge in [-0.15, -0.1) is 6.58 Å². The molecule has 8 atom stereocenters. The average Bonchev–Trinajstić information content (AvgIpc) is 2.61. The lowest BCUT2D eigenvalue weighted by Crippen LogP contribution is -2.60. The highest BCUT2D eigenvalue weighted by atomic mass is 16.8. The molecule has 0 unspecified atom stereocenters. The van der Waals surface area contributed by atoms with Crippen molar-refractivity contribution in [1.29, 1.82) is 0 Å². The maximum absolute atomic E-state index is 11.3. The summed E-state index contributed by atoms with van der Waals surface area (Å²) < 4.78 is 15.9. The molecule has 2 aliphatic heterocycles. The lowest BCUT2D eigenvalue weighted by atomic mass is 9.81. The van der Waals surface area contributed by atoms with E-state index in [9.17, 15) is 35.1 Å². The zero-order valence-corrected chi connectivity index (χ0v) is 14.1. The third-order valence-electron chi connectivity index (χ3n) is 4.54. The molecule has 2 heterocycles. The van der Waals surface area contributed by atoms with Crippen molar-refractivity contribution < 1.29 is 54.4 Å². The molecule has 1 saturated heterocycles. The van der Waals surface area contributed by atoms with Crippen molar-refractivity contribution in [2.45, 2.75) is 43.4 Å². The van der Waals surface area contributed by atoms with E-state index in [0.29, 0.717) is 0 Å². The fraction of sp³-hybridized carbons (Fsp3) is 0.625. The van der Waals surface area contributed by atoms with Crippen LogP contribution in [0.4, 0.5) is 0 Å². The van der Waals surface area contributed by atoms with Gasteiger partial charge in [0.2, 0.25) is 6.29 Å². The minimum Gasteiger partial charge on any atom is -0.481 e. The minimum atomic E-state index is -1.69. The molecule has 11 heteroatoms. The van der Waals surface area contributed by atoms with Crippen LogP contribution in [-0.4, -0.2) is 86.2 Å². The normalized spacial score (nSPS) is 39.2. The molecule has 11 nitrogen and oxygen atoms in total. The third-order valence-corrected chi connectivity index (χ3v) is 4.54. The maximum atomic E-state index is 11.3. The van der Waals surface area contributed by atoms with Crippen molar-refractivity contribution in [2.24, 2.45) is 11.8 Å². The SMILES string of the molecule is C=C[C@@H]1[C@H](O[C@H]2O[C@H](CO)[C@@H](O)[C@H](O)[C@@H]2O)OC=C(C(=O)O)[C@H]1CC(=O)O. The highest BCUT2D eigenvalue weighted by molar-refractivity contribution is 5.88. The van der Waals surface area contributed by atoms with E-state index >= 15 is 0 Å². The van der Waals surface area contributed by atoms with E-state index in [1.54, 1.807) is 0 Å². The van der Waals surface area contributed by atoms with Crippen LogP contribution >= 0.6 is 0 Å². The van der Waals surface area contributed by atoms with Crippen LogP contribution in [0.15, 0.2) is 24.5 Å². The highest BCUT2D eigenvalue weighted by Crippen LogP contribution is 2.36. The Morgan fingerprint density at radius 2 is 1.81 bits per heavy atom. The predicted molar refractivity (Wildman–Crippen MR) is 84.9 cm³/mol. The number of hydrogen-bond donors (Lipinski definition) is 6. The zero-order valence-electron chi connectivity index (χ0n) is 14.1. The summed E-state index contributed by atoms with van der Waals surface area (Å²) in [7, 11) is 0. The molecule has 0 aliphatic carbocycles. The number of carbonyl (C=O) groups is 2. The molecule has 0 aromatic carbocycles. The topological polar surface area (TPSA) is 183 Å². The Hall–Kier alpha value is -2.02. The van der Waals surface area contributed by atoms with E-state index in [-0.39, 0.29) is 5.57 Å². The number of aliphatic hydroxyl groups is 4. The summed E-state index contributed by atoms with van der Waals surface area (Å²) in [5.41, 5.74) is -0.282. The standard InChI is InChI=1S/C16H22O11/c1-2-6-7(3-10(18)19)8(14(23)24)5-25-15(6)27-16-13(22)12(21)11(20)9(4-17)26-16/h2,5-7,9,11-13,15-17,20-22H,1,3-4H2,(H,18,19)(H,23,24)/t6-,7-,9+,11+,12-,13-,15-,16+/m0/s1. The van der Waals surface area contributed by atoms with Crippen molar-refractivity contribution in [2.75, 3.05) is 6.61 Å². The lowest BCUT2D eigenvalue weighted by Gasteiger charge is -2.42. The first-order chi connectivity index (χ1) is 12.7. The van der Waals surface area contributed by atoms with Crippen molar-refractivity contribution in [3.05, 3.63) is 24.5 Å². The molecule has 0 aromatic heterocycles. The van der Waals surface area contributed by atoms with E-state index in [2.05, 4.69) is 6.58 Å². The predicted octanol–water partition coefficient (Wildman–Crippen LogP) is -1.98. The molecular weight excluding hydrogens is 368 g/mol. The molecule has 1 fully saturated rings. The molecule has 6 N–H and O–H groups in total. The summed E-state index contributed by atoms with van der Waals surface area (Å²) in [4.78, 5) is 22.5. The van der Waals surface area contributed by atoms with Crippen molar-refractivity contribution in [3.8, 4) is 0 Å². The van der Waals surface area contributed by atoms with Gasteiger partial charge in [0.05, 0.1) is 24.9 Å². The number of aliphatic hydroxyl groups excluding tert-OH is 4. The molecule has 0 spiro atoms. The molecule has 0 bridgehead atoms. The van der Waals surface area contributed by atoms with Gasteiger partial charge in [0, 0.05) is 11.8 Å². The Morgan fingerprint density at radius 1 is 1.15 bits per heavy atom. The smallest absolute Gasteiger partial charge is 0.335 e. The molecule has 0 amide bonds. The van der Waals surface area contributed by atoms with E-state index in [1.165, 1.54) is 6.08 Å². The van der Waals surface area contributed by atoms with Gasteiger partial charge in [-0.1, -0.05) is 6.08 Å². The number of aliphatic carboxylic acids is 2. The summed E-state index contributed by atoms with van der Waals surface area (Å²) in [6.45, 7) is 2.89. The second kappa shape index (κ2) is 8.78. The first-order valence-corrected chi connectivity index (χ1v) is 8.10. The molecule has 0 saturated carbocycles. The largest absolute Gasteiger partial charge is 0.481 e. The van der Waals surface area contributed by atoms with Crippen LogP contribution in [-0.2, 0) is 23.8 Å². The van der Waals surface area contributed by atoms with E-state index in [0.717, 1.165) is 6.26 Å². The van der Waals surface area contributed by atoms with Crippen LogP contribution in [0.1, 0.15) is 6.42 Å². The molecule has 0 aromatic rings. The van der Waals surface area contributed by atoms with Gasteiger partial charge in [-0.3, -0.25) is 4.79 Å². The second-order valence-electron chi connectivity index (χ2n) is 6.23. The third kappa shape index (κ3) is 4.46. The van der Waals surface area contributed by atoms with Gasteiger partial charge in [0.25, 0.3) is 0 Å². The number of hydrogen-bond acceptors (Lipinski definition) is 9. The van der Waals surface area contributed by atoms with Gasteiger partial charge in [-0.05, 0) is 0 Å². The van der Waals surface area contributed by atoms with Crippen molar-refractivity contribution >= 4 is 11.9 Å². The molecule has 0 radical (unpaired) electrons. The molecule has 27 heavy (non-hydrogen) atoms. The highest BCUT2D eigenvalue weighted by Gasteiger charge is 2.47. The van der Waals surface area contributed by atoms with Crippen molar-refractivity contribution in [1.82, 2.24) is 0 Å². The van der Waals surface area contributed by atoms with Gasteiger partial charge in [0.15, 0.2) is 6.29 Å². The Balaban J connectivity index is 2.23. The Kier molecular flexibility index (Phi) is 6.92. The van der Waals surface area contributed by atoms with E-state index in [4.69, 9.17) is 19.3 Å². The number of carboxylic acids is 2. The summed E-state index contributed by atoms with van der Waals surface area (Å²) in [5.74, 6) is -4.56. The first kappa shape index (κ1) is 21.3. The van der Waals surface area contributed by atoms with Crippen LogP contribution in [0.25, 0.3) is 0 Å². The van der Waals surface area contributed by atoms with Gasteiger partial charge >= 0.3 is 11.9 Å². The van der Waals surface area contributed by atoms with Gasteiger partial charge < -0.3 is 44.8 Å². The van der Waals surface area contributed by atoms with Crippen molar-refractivity contribution in [3.63, 3.8) is 0 Å². The molecule has 2 rings (SSSR count). The quantitative estimate of drug-likeness (QED) is 0.265. The lowest BCUT2D eigenvalue weighted by molar-refractivity contribution is -0.339. The van der Waals surface area contributed by atoms with Crippen LogP contribution in [0.3, 0.4) is 0 Å². The first-order valence-electron chi connectivity index (χ1n) is 8.10. The molecular formula is C16H22O11. The maximum Gasteiger partial charge on any atom is 0.335 e. The number of rotatable bonds is 7. The summed E-state index contributed by atoms with van der Waals surface area (Å²) in [6.07, 6.45) is -7.39. The molecule has 152 valence electrons. The van der Waals surface area contributed by atoms with Gasteiger partial charge in [0.1, 0.15) is 24.4 Å². The van der Waals surface area contributed by atoms with Crippen LogP contribution in [0, 0.1) is 11.8 Å².